The summed E-state index contributed by atoms with van der Waals surface area (Å²) in [6, 6.07) is 5.87. The van der Waals surface area contributed by atoms with E-state index < -0.39 is 5.60 Å². The number of nitrogens with zero attached hydrogens (tertiary/aromatic N) is 2. The minimum atomic E-state index is -0.739. The van der Waals surface area contributed by atoms with Crippen LogP contribution in [0.4, 0.5) is 11.4 Å². The number of likely N-dealkylation sites (N-methyl/N-ethyl adjacent to an activating group) is 1. The Bertz CT molecular complexity index is 575. The number of anilines is 2. The number of nitrogens with two attached hydrogens (primary N) is 1. The number of hydrogen-bond donors (Lipinski definition) is 2. The third kappa shape index (κ3) is 2.96. The van der Waals surface area contributed by atoms with E-state index in [1.807, 2.05) is 32.0 Å². The van der Waals surface area contributed by atoms with Crippen molar-refractivity contribution in [2.24, 2.45) is 0 Å². The molecule has 19 heavy (non-hydrogen) atoms. The van der Waals surface area contributed by atoms with Crippen LogP contribution in [0.2, 0.25) is 0 Å². The van der Waals surface area contributed by atoms with Crippen molar-refractivity contribution in [2.45, 2.75) is 26.4 Å². The lowest BCUT2D eigenvalue weighted by molar-refractivity contribution is 0.0876. The van der Waals surface area contributed by atoms with Gasteiger partial charge in [-0.15, -0.1) is 0 Å². The molecule has 0 amide bonds. The van der Waals surface area contributed by atoms with Crippen molar-refractivity contribution in [3.8, 4) is 0 Å². The molecule has 0 spiro atoms. The van der Waals surface area contributed by atoms with Crippen LogP contribution >= 0.6 is 0 Å². The van der Waals surface area contributed by atoms with E-state index in [0.717, 1.165) is 28.7 Å². The molecule has 0 bridgehead atoms. The first-order chi connectivity index (χ1) is 8.92. The molecule has 3 N–H and O–H groups in total. The average molecular weight is 259 g/mol. The highest BCUT2D eigenvalue weighted by molar-refractivity contribution is 6.00. The molecule has 0 aliphatic carbocycles. The van der Waals surface area contributed by atoms with Crippen LogP contribution in [-0.4, -0.2) is 28.8 Å². The monoisotopic (exact) mass is 259 g/mol. The summed E-state index contributed by atoms with van der Waals surface area (Å²) in [6.45, 7) is 7.11. The zero-order valence-electron chi connectivity index (χ0n) is 11.7. The highest BCUT2D eigenvalue weighted by Gasteiger charge is 2.19. The number of hydrogen-bond acceptors (Lipinski definition) is 4. The average Bonchev–Trinajstić information content (AvgIpc) is 2.36. The van der Waals surface area contributed by atoms with Crippen LogP contribution in [0.1, 0.15) is 20.8 Å². The first-order valence-corrected chi connectivity index (χ1v) is 6.52. The van der Waals surface area contributed by atoms with E-state index in [2.05, 4.69) is 16.8 Å². The van der Waals surface area contributed by atoms with Crippen molar-refractivity contribution >= 4 is 22.1 Å². The van der Waals surface area contributed by atoms with Crippen LogP contribution in [0.15, 0.2) is 30.6 Å². The van der Waals surface area contributed by atoms with Gasteiger partial charge in [-0.25, -0.2) is 0 Å². The fraction of sp³-hybridized carbons (Fsp3) is 0.400. The van der Waals surface area contributed by atoms with Gasteiger partial charge in [0.25, 0.3) is 0 Å². The van der Waals surface area contributed by atoms with Crippen molar-refractivity contribution in [3.63, 3.8) is 0 Å². The molecule has 0 atom stereocenters. The second-order valence-electron chi connectivity index (χ2n) is 5.42. The van der Waals surface area contributed by atoms with Gasteiger partial charge in [0.2, 0.25) is 0 Å². The van der Waals surface area contributed by atoms with E-state index >= 15 is 0 Å². The molecule has 0 aliphatic heterocycles. The Labute approximate surface area is 113 Å². The largest absolute Gasteiger partial charge is 0.398 e. The quantitative estimate of drug-likeness (QED) is 0.828. The number of nitrogen functional groups attached to an aromatic ring is 1. The van der Waals surface area contributed by atoms with E-state index in [9.17, 15) is 5.11 Å². The van der Waals surface area contributed by atoms with Crippen molar-refractivity contribution in [1.82, 2.24) is 4.98 Å². The first-order valence-electron chi connectivity index (χ1n) is 6.52. The van der Waals surface area contributed by atoms with Gasteiger partial charge in [-0.1, -0.05) is 0 Å². The maximum atomic E-state index is 10.0. The molecule has 0 saturated carbocycles. The van der Waals surface area contributed by atoms with Crippen LogP contribution < -0.4 is 10.6 Å². The lowest BCUT2D eigenvalue weighted by Crippen LogP contribution is -2.38. The summed E-state index contributed by atoms with van der Waals surface area (Å²) in [5.41, 5.74) is 7.05. The number of benzene rings is 1. The third-order valence-electron chi connectivity index (χ3n) is 3.13. The van der Waals surface area contributed by atoms with Crippen LogP contribution in [0.3, 0.4) is 0 Å². The van der Waals surface area contributed by atoms with E-state index in [-0.39, 0.29) is 0 Å². The number of rotatable bonds is 4. The molecule has 0 unspecified atom stereocenters. The van der Waals surface area contributed by atoms with Gasteiger partial charge in [0, 0.05) is 47.6 Å². The standard InChI is InChI=1S/C15H21N3O/c1-4-18(10-15(2,3)19)14-6-5-13(16)12-9-17-8-7-11(12)14/h5-9,19H,4,10,16H2,1-3H3. The van der Waals surface area contributed by atoms with Gasteiger partial charge in [0.1, 0.15) is 0 Å². The molecule has 1 heterocycles. The Morgan fingerprint density at radius 1 is 1.26 bits per heavy atom. The normalized spacial score (nSPS) is 11.8. The molecule has 0 fully saturated rings. The topological polar surface area (TPSA) is 62.4 Å². The lowest BCUT2D eigenvalue weighted by Gasteiger charge is -2.31. The summed E-state index contributed by atoms with van der Waals surface area (Å²) in [7, 11) is 0. The Hall–Kier alpha value is -1.81. The number of aromatic nitrogens is 1. The van der Waals surface area contributed by atoms with Crippen LogP contribution in [-0.2, 0) is 0 Å². The SMILES string of the molecule is CCN(CC(C)(C)O)c1ccc(N)c2cnccc12. The molecule has 0 saturated heterocycles. The van der Waals surface area contributed by atoms with Crippen molar-refractivity contribution in [1.29, 1.82) is 0 Å². The zero-order valence-corrected chi connectivity index (χ0v) is 11.7. The van der Waals surface area contributed by atoms with E-state index in [0.29, 0.717) is 6.54 Å². The third-order valence-corrected chi connectivity index (χ3v) is 3.13. The van der Waals surface area contributed by atoms with Crippen LogP contribution in [0.25, 0.3) is 10.8 Å². The molecular formula is C15H21N3O. The molecule has 4 heteroatoms. The maximum absolute atomic E-state index is 10.0. The molecule has 0 aliphatic rings. The van der Waals surface area contributed by atoms with E-state index in [4.69, 9.17) is 5.73 Å². The van der Waals surface area contributed by atoms with Gasteiger partial charge in [0.05, 0.1) is 5.60 Å². The Morgan fingerprint density at radius 2 is 2.00 bits per heavy atom. The van der Waals surface area contributed by atoms with Gasteiger partial charge >= 0.3 is 0 Å². The number of pyridine rings is 1. The highest BCUT2D eigenvalue weighted by atomic mass is 16.3. The molecular weight excluding hydrogens is 238 g/mol. The van der Waals surface area contributed by atoms with E-state index in [1.165, 1.54) is 0 Å². The molecule has 1 aromatic carbocycles. The predicted octanol–water partition coefficient (Wildman–Crippen LogP) is 2.41. The van der Waals surface area contributed by atoms with Gasteiger partial charge in [0.15, 0.2) is 0 Å². The summed E-state index contributed by atoms with van der Waals surface area (Å²) < 4.78 is 0. The van der Waals surface area contributed by atoms with Crippen molar-refractivity contribution in [3.05, 3.63) is 30.6 Å². The second-order valence-corrected chi connectivity index (χ2v) is 5.42. The van der Waals surface area contributed by atoms with Crippen LogP contribution in [0, 0.1) is 0 Å². The van der Waals surface area contributed by atoms with Gasteiger partial charge in [-0.3, -0.25) is 4.98 Å². The zero-order chi connectivity index (χ0) is 14.0. The molecule has 2 rings (SSSR count). The Kier molecular flexibility index (Phi) is 3.62. The summed E-state index contributed by atoms with van der Waals surface area (Å²) in [4.78, 5) is 6.28. The summed E-state index contributed by atoms with van der Waals surface area (Å²) in [5.74, 6) is 0. The fourth-order valence-corrected chi connectivity index (χ4v) is 2.31. The van der Waals surface area contributed by atoms with Crippen molar-refractivity contribution in [2.75, 3.05) is 23.7 Å². The molecule has 2 aromatic rings. The molecule has 0 radical (unpaired) electrons. The highest BCUT2D eigenvalue weighted by Crippen LogP contribution is 2.30. The lowest BCUT2D eigenvalue weighted by atomic mass is 10.1. The molecule has 4 nitrogen and oxygen atoms in total. The van der Waals surface area contributed by atoms with Gasteiger partial charge in [-0.2, -0.15) is 0 Å². The molecule has 1 aromatic heterocycles. The van der Waals surface area contributed by atoms with Gasteiger partial charge < -0.3 is 15.7 Å². The summed E-state index contributed by atoms with van der Waals surface area (Å²) in [5, 5.41) is 12.1. The number of aliphatic hydroxyl groups is 1. The maximum Gasteiger partial charge on any atom is 0.0765 e. The fourth-order valence-electron chi connectivity index (χ4n) is 2.31. The van der Waals surface area contributed by atoms with E-state index in [1.54, 1.807) is 12.4 Å². The Balaban J connectivity index is 2.52. The first kappa shape index (κ1) is 13.6. The Morgan fingerprint density at radius 3 is 2.63 bits per heavy atom. The second kappa shape index (κ2) is 5.05. The van der Waals surface area contributed by atoms with Gasteiger partial charge in [-0.05, 0) is 39.0 Å². The summed E-state index contributed by atoms with van der Waals surface area (Å²) in [6.07, 6.45) is 3.55. The summed E-state index contributed by atoms with van der Waals surface area (Å²) >= 11 is 0. The smallest absolute Gasteiger partial charge is 0.0765 e. The molecule has 102 valence electrons. The van der Waals surface area contributed by atoms with Crippen molar-refractivity contribution < 1.29 is 5.11 Å². The minimum Gasteiger partial charge on any atom is -0.398 e. The minimum absolute atomic E-state index is 0.574. The number of fused-ring (bicyclic) bond motifs is 1. The predicted molar refractivity (Wildman–Crippen MR) is 80.3 cm³/mol. The van der Waals surface area contributed by atoms with Crippen LogP contribution in [0.5, 0.6) is 0 Å².